The summed E-state index contributed by atoms with van der Waals surface area (Å²) < 4.78 is 0. The molecule has 1 fully saturated rings. The van der Waals surface area contributed by atoms with Gasteiger partial charge in [0.1, 0.15) is 0 Å². The molecule has 0 unspecified atom stereocenters. The zero-order chi connectivity index (χ0) is 12.5. The van der Waals surface area contributed by atoms with Gasteiger partial charge in [0, 0.05) is 54.3 Å². The molecule has 1 aromatic carbocycles. The first kappa shape index (κ1) is 12.0. The van der Waals surface area contributed by atoms with E-state index in [1.54, 1.807) is 0 Å². The fourth-order valence-electron chi connectivity index (χ4n) is 2.66. The molecule has 1 saturated heterocycles. The molecule has 3 nitrogen and oxygen atoms in total. The number of H-pyrrole nitrogens is 1. The first-order valence-electron chi connectivity index (χ1n) is 6.44. The number of aromatic amines is 1. The van der Waals surface area contributed by atoms with Crippen LogP contribution in [-0.2, 0) is 6.54 Å². The average Bonchev–Trinajstić information content (AvgIpc) is 2.66. The van der Waals surface area contributed by atoms with Gasteiger partial charge in [-0.1, -0.05) is 17.7 Å². The summed E-state index contributed by atoms with van der Waals surface area (Å²) in [5, 5.41) is 5.48. The summed E-state index contributed by atoms with van der Waals surface area (Å²) in [7, 11) is 0. The van der Waals surface area contributed by atoms with E-state index in [0.717, 1.165) is 43.3 Å². The van der Waals surface area contributed by atoms with Crippen molar-refractivity contribution < 1.29 is 0 Å². The molecule has 2 N–H and O–H groups in total. The zero-order valence-electron chi connectivity index (χ0n) is 10.6. The number of hydrogen-bond donors (Lipinski definition) is 2. The Kier molecular flexibility index (Phi) is 3.29. The van der Waals surface area contributed by atoms with Crippen LogP contribution >= 0.6 is 11.6 Å². The van der Waals surface area contributed by atoms with Crippen LogP contribution in [0.15, 0.2) is 18.2 Å². The van der Waals surface area contributed by atoms with Gasteiger partial charge < -0.3 is 10.3 Å². The van der Waals surface area contributed by atoms with Gasteiger partial charge in [0.05, 0.1) is 0 Å². The van der Waals surface area contributed by atoms with Crippen LogP contribution in [0, 0.1) is 6.92 Å². The van der Waals surface area contributed by atoms with Crippen molar-refractivity contribution in [1.82, 2.24) is 15.2 Å². The van der Waals surface area contributed by atoms with Crippen molar-refractivity contribution in [1.29, 1.82) is 0 Å². The molecule has 0 saturated carbocycles. The third-order valence-corrected chi connectivity index (χ3v) is 3.91. The lowest BCUT2D eigenvalue weighted by Gasteiger charge is -2.27. The molecule has 1 aliphatic heterocycles. The van der Waals surface area contributed by atoms with Crippen LogP contribution in [0.1, 0.15) is 11.3 Å². The number of piperazine rings is 1. The van der Waals surface area contributed by atoms with Crippen LogP contribution in [0.25, 0.3) is 10.9 Å². The molecule has 3 rings (SSSR count). The molecule has 2 aromatic rings. The van der Waals surface area contributed by atoms with E-state index in [0.29, 0.717) is 0 Å². The van der Waals surface area contributed by atoms with E-state index < -0.39 is 0 Å². The maximum absolute atomic E-state index is 6.03. The number of nitrogens with one attached hydrogen (secondary N) is 2. The Morgan fingerprint density at radius 2 is 2.06 bits per heavy atom. The van der Waals surface area contributed by atoms with Crippen molar-refractivity contribution in [2.75, 3.05) is 26.2 Å². The summed E-state index contributed by atoms with van der Waals surface area (Å²) in [5.74, 6) is 0. The highest BCUT2D eigenvalue weighted by Gasteiger charge is 2.14. The van der Waals surface area contributed by atoms with E-state index >= 15 is 0 Å². The van der Waals surface area contributed by atoms with Gasteiger partial charge >= 0.3 is 0 Å². The second-order valence-electron chi connectivity index (χ2n) is 4.94. The molecule has 0 aliphatic carbocycles. The van der Waals surface area contributed by atoms with E-state index in [9.17, 15) is 0 Å². The first-order chi connectivity index (χ1) is 8.74. The van der Waals surface area contributed by atoms with Gasteiger partial charge in [-0.2, -0.15) is 0 Å². The van der Waals surface area contributed by atoms with Crippen LogP contribution < -0.4 is 5.32 Å². The number of halogens is 1. The van der Waals surface area contributed by atoms with Gasteiger partial charge in [0.25, 0.3) is 0 Å². The molecule has 1 aliphatic rings. The minimum absolute atomic E-state index is 0.789. The Morgan fingerprint density at radius 1 is 1.28 bits per heavy atom. The number of benzene rings is 1. The second kappa shape index (κ2) is 4.92. The number of rotatable bonds is 2. The molecule has 2 heterocycles. The quantitative estimate of drug-likeness (QED) is 0.873. The van der Waals surface area contributed by atoms with E-state index in [1.807, 2.05) is 12.1 Å². The molecular formula is C14H18ClN3. The molecule has 96 valence electrons. The Morgan fingerprint density at radius 3 is 2.83 bits per heavy atom. The van der Waals surface area contributed by atoms with Gasteiger partial charge in [-0.3, -0.25) is 4.90 Å². The third-order valence-electron chi connectivity index (χ3n) is 3.67. The van der Waals surface area contributed by atoms with Crippen molar-refractivity contribution in [3.05, 3.63) is 34.5 Å². The molecule has 4 heteroatoms. The topological polar surface area (TPSA) is 31.1 Å². The SMILES string of the molecule is Cc1[nH]c2cc(Cl)ccc2c1CN1CCNCC1. The number of aromatic nitrogens is 1. The van der Waals surface area contributed by atoms with Crippen molar-refractivity contribution in [2.45, 2.75) is 13.5 Å². The Hall–Kier alpha value is -1.03. The predicted molar refractivity (Wildman–Crippen MR) is 76.2 cm³/mol. The van der Waals surface area contributed by atoms with Crippen LogP contribution in [0.3, 0.4) is 0 Å². The minimum Gasteiger partial charge on any atom is -0.358 e. The standard InChI is InChI=1S/C14H18ClN3/c1-10-13(9-18-6-4-16-5-7-18)12-3-2-11(15)8-14(12)17-10/h2-3,8,16-17H,4-7,9H2,1H3. The van der Waals surface area contributed by atoms with Gasteiger partial charge in [-0.15, -0.1) is 0 Å². The Balaban J connectivity index is 1.92. The molecule has 0 radical (unpaired) electrons. The molecule has 0 atom stereocenters. The highest BCUT2D eigenvalue weighted by molar-refractivity contribution is 6.31. The maximum atomic E-state index is 6.03. The number of aryl methyl sites for hydroxylation is 1. The normalized spacial score (nSPS) is 17.4. The fraction of sp³-hybridized carbons (Fsp3) is 0.429. The summed E-state index contributed by atoms with van der Waals surface area (Å²) in [5.41, 5.74) is 3.81. The molecular weight excluding hydrogens is 246 g/mol. The lowest BCUT2D eigenvalue weighted by Crippen LogP contribution is -2.42. The second-order valence-corrected chi connectivity index (χ2v) is 5.38. The van der Waals surface area contributed by atoms with E-state index in [4.69, 9.17) is 11.6 Å². The predicted octanol–water partition coefficient (Wildman–Crippen LogP) is 2.53. The number of hydrogen-bond acceptors (Lipinski definition) is 2. The van der Waals surface area contributed by atoms with E-state index in [-0.39, 0.29) is 0 Å². The van der Waals surface area contributed by atoms with Crippen molar-refractivity contribution >= 4 is 22.5 Å². The molecule has 0 spiro atoms. The number of nitrogens with zero attached hydrogens (tertiary/aromatic N) is 1. The van der Waals surface area contributed by atoms with E-state index in [2.05, 4.69) is 28.2 Å². The number of fused-ring (bicyclic) bond motifs is 1. The highest BCUT2D eigenvalue weighted by atomic mass is 35.5. The lowest BCUT2D eigenvalue weighted by atomic mass is 10.1. The molecule has 1 aromatic heterocycles. The summed E-state index contributed by atoms with van der Waals surface area (Å²) >= 11 is 6.03. The van der Waals surface area contributed by atoms with Crippen LogP contribution in [0.4, 0.5) is 0 Å². The van der Waals surface area contributed by atoms with Crippen LogP contribution in [0.2, 0.25) is 5.02 Å². The third kappa shape index (κ3) is 2.26. The van der Waals surface area contributed by atoms with Crippen molar-refractivity contribution in [2.24, 2.45) is 0 Å². The maximum Gasteiger partial charge on any atom is 0.0474 e. The summed E-state index contributed by atoms with van der Waals surface area (Å²) in [6.45, 7) is 7.60. The highest BCUT2D eigenvalue weighted by Crippen LogP contribution is 2.26. The monoisotopic (exact) mass is 263 g/mol. The zero-order valence-corrected chi connectivity index (χ0v) is 11.3. The van der Waals surface area contributed by atoms with Gasteiger partial charge in [-0.05, 0) is 24.6 Å². The largest absolute Gasteiger partial charge is 0.358 e. The lowest BCUT2D eigenvalue weighted by molar-refractivity contribution is 0.233. The van der Waals surface area contributed by atoms with Crippen LogP contribution in [0.5, 0.6) is 0 Å². The van der Waals surface area contributed by atoms with Crippen LogP contribution in [-0.4, -0.2) is 36.1 Å². The van der Waals surface area contributed by atoms with Gasteiger partial charge in [-0.25, -0.2) is 0 Å². The molecule has 18 heavy (non-hydrogen) atoms. The Labute approximate surface area is 112 Å². The van der Waals surface area contributed by atoms with Gasteiger partial charge in [0.2, 0.25) is 0 Å². The fourth-order valence-corrected chi connectivity index (χ4v) is 2.83. The Bertz CT molecular complexity index is 555. The smallest absolute Gasteiger partial charge is 0.0474 e. The summed E-state index contributed by atoms with van der Waals surface area (Å²) in [6, 6.07) is 6.10. The molecule has 0 bridgehead atoms. The summed E-state index contributed by atoms with van der Waals surface area (Å²) in [6.07, 6.45) is 0. The van der Waals surface area contributed by atoms with Crippen molar-refractivity contribution in [3.8, 4) is 0 Å². The van der Waals surface area contributed by atoms with Gasteiger partial charge in [0.15, 0.2) is 0 Å². The van der Waals surface area contributed by atoms with E-state index in [1.165, 1.54) is 16.6 Å². The average molecular weight is 264 g/mol. The molecule has 0 amide bonds. The van der Waals surface area contributed by atoms with Crippen molar-refractivity contribution in [3.63, 3.8) is 0 Å². The summed E-state index contributed by atoms with van der Waals surface area (Å²) in [4.78, 5) is 5.93. The minimum atomic E-state index is 0.789. The first-order valence-corrected chi connectivity index (χ1v) is 6.81.